The molecular formula is C36H33FN2O. The van der Waals surface area contributed by atoms with Crippen LogP contribution in [0.5, 0.6) is 0 Å². The fraction of sp³-hybridized carbons (Fsp3) is 0.250. The van der Waals surface area contributed by atoms with Crippen LogP contribution in [0.4, 0.5) is 10.1 Å². The van der Waals surface area contributed by atoms with E-state index < -0.39 is 0 Å². The third-order valence-corrected chi connectivity index (χ3v) is 8.81. The van der Waals surface area contributed by atoms with Crippen LogP contribution in [0.2, 0.25) is 0 Å². The Hall–Kier alpha value is -4.18. The Balaban J connectivity index is 1.13. The molecule has 0 saturated carbocycles. The minimum atomic E-state index is -0.211. The molecule has 1 amide bonds. The summed E-state index contributed by atoms with van der Waals surface area (Å²) in [6, 6.07) is 26.2. The number of fused-ring (bicyclic) bond motifs is 4. The van der Waals surface area contributed by atoms with Crippen LogP contribution < -0.4 is 4.90 Å². The highest BCUT2D eigenvalue weighted by Crippen LogP contribution is 2.41. The Morgan fingerprint density at radius 3 is 2.55 bits per heavy atom. The monoisotopic (exact) mass is 528 g/mol. The number of rotatable bonds is 4. The van der Waals surface area contributed by atoms with Crippen LogP contribution in [-0.2, 0) is 12.8 Å². The summed E-state index contributed by atoms with van der Waals surface area (Å²) in [5.74, 6) is -0.161. The molecule has 0 aromatic heterocycles. The van der Waals surface area contributed by atoms with Crippen LogP contribution in [0.1, 0.15) is 51.9 Å². The van der Waals surface area contributed by atoms with Gasteiger partial charge in [0.2, 0.25) is 0 Å². The summed E-state index contributed by atoms with van der Waals surface area (Å²) < 4.78 is 14.3. The first kappa shape index (κ1) is 24.8. The molecule has 40 heavy (non-hydrogen) atoms. The Morgan fingerprint density at radius 2 is 1.68 bits per heavy atom. The number of nitrogens with zero attached hydrogens (tertiary/aromatic N) is 2. The van der Waals surface area contributed by atoms with Crippen molar-refractivity contribution in [1.29, 1.82) is 0 Å². The van der Waals surface area contributed by atoms with Crippen LogP contribution in [0, 0.1) is 5.82 Å². The zero-order chi connectivity index (χ0) is 27.1. The molecule has 1 aliphatic heterocycles. The Morgan fingerprint density at radius 1 is 0.825 bits per heavy atom. The first-order valence-corrected chi connectivity index (χ1v) is 14.5. The molecule has 4 aromatic rings. The molecule has 0 unspecified atom stereocenters. The summed E-state index contributed by atoms with van der Waals surface area (Å²) in [6.45, 7) is 2.42. The van der Waals surface area contributed by atoms with E-state index >= 15 is 0 Å². The molecule has 0 spiro atoms. The molecule has 1 saturated heterocycles. The highest BCUT2D eigenvalue weighted by atomic mass is 19.1. The van der Waals surface area contributed by atoms with E-state index in [1.165, 1.54) is 45.5 Å². The molecule has 4 heteroatoms. The predicted octanol–water partition coefficient (Wildman–Crippen LogP) is 7.58. The number of carbonyl (C=O) groups is 1. The van der Waals surface area contributed by atoms with E-state index in [1.807, 2.05) is 34.1 Å². The molecule has 2 aliphatic carbocycles. The molecule has 0 atom stereocenters. The summed E-state index contributed by atoms with van der Waals surface area (Å²) in [6.07, 6.45) is 10.0. The van der Waals surface area contributed by atoms with Crippen molar-refractivity contribution in [3.63, 3.8) is 0 Å². The third-order valence-electron chi connectivity index (χ3n) is 8.81. The topological polar surface area (TPSA) is 23.6 Å². The zero-order valence-corrected chi connectivity index (χ0v) is 22.7. The lowest BCUT2D eigenvalue weighted by Crippen LogP contribution is -2.49. The number of para-hydroxylation sites is 1. The van der Waals surface area contributed by atoms with Crippen LogP contribution >= 0.6 is 0 Å². The predicted molar refractivity (Wildman–Crippen MR) is 161 cm³/mol. The summed E-state index contributed by atoms with van der Waals surface area (Å²) in [4.78, 5) is 17.4. The van der Waals surface area contributed by atoms with Crippen molar-refractivity contribution >= 4 is 27.9 Å². The van der Waals surface area contributed by atoms with Crippen molar-refractivity contribution in [2.75, 3.05) is 31.1 Å². The van der Waals surface area contributed by atoms with Gasteiger partial charge in [-0.1, -0.05) is 72.3 Å². The van der Waals surface area contributed by atoms with Crippen LogP contribution in [-0.4, -0.2) is 37.0 Å². The largest absolute Gasteiger partial charge is 0.366 e. The van der Waals surface area contributed by atoms with Crippen molar-refractivity contribution in [2.24, 2.45) is 0 Å². The summed E-state index contributed by atoms with van der Waals surface area (Å²) in [5, 5.41) is 2.67. The van der Waals surface area contributed by atoms with Gasteiger partial charge in [-0.25, -0.2) is 4.39 Å². The second-order valence-electron chi connectivity index (χ2n) is 11.2. The summed E-state index contributed by atoms with van der Waals surface area (Å²) >= 11 is 0. The molecule has 0 radical (unpaired) electrons. The van der Waals surface area contributed by atoms with Crippen molar-refractivity contribution in [3.05, 3.63) is 130 Å². The van der Waals surface area contributed by atoms with Gasteiger partial charge in [-0.3, -0.25) is 4.79 Å². The number of carbonyl (C=O) groups excluding carboxylic acids is 1. The lowest BCUT2D eigenvalue weighted by atomic mass is 9.78. The van der Waals surface area contributed by atoms with E-state index in [4.69, 9.17) is 0 Å². The smallest absolute Gasteiger partial charge is 0.253 e. The molecular weight excluding hydrogens is 495 g/mol. The van der Waals surface area contributed by atoms with Gasteiger partial charge in [0.25, 0.3) is 5.91 Å². The van der Waals surface area contributed by atoms with E-state index in [-0.39, 0.29) is 11.7 Å². The van der Waals surface area contributed by atoms with Gasteiger partial charge in [0, 0.05) is 31.7 Å². The number of benzene rings is 4. The highest BCUT2D eigenvalue weighted by molar-refractivity contribution is 5.96. The molecule has 4 aromatic carbocycles. The maximum absolute atomic E-state index is 14.3. The minimum Gasteiger partial charge on any atom is -0.366 e. The maximum Gasteiger partial charge on any atom is 0.253 e. The second kappa shape index (κ2) is 10.4. The van der Waals surface area contributed by atoms with E-state index in [9.17, 15) is 9.18 Å². The number of amides is 1. The Kier molecular flexibility index (Phi) is 6.47. The average Bonchev–Trinajstić information content (AvgIpc) is 3.01. The molecule has 200 valence electrons. The van der Waals surface area contributed by atoms with Gasteiger partial charge in [-0.05, 0) is 95.0 Å². The van der Waals surface area contributed by atoms with Gasteiger partial charge in [0.15, 0.2) is 0 Å². The molecule has 3 nitrogen and oxygen atoms in total. The van der Waals surface area contributed by atoms with Crippen molar-refractivity contribution in [2.45, 2.75) is 32.1 Å². The number of allylic oxidation sites excluding steroid dienone is 4. The lowest BCUT2D eigenvalue weighted by molar-refractivity contribution is 0.0746. The summed E-state index contributed by atoms with van der Waals surface area (Å²) in [7, 11) is 0. The van der Waals surface area contributed by atoms with Crippen LogP contribution in [0.15, 0.2) is 96.6 Å². The number of anilines is 1. The maximum atomic E-state index is 14.3. The molecule has 3 aliphatic rings. The van der Waals surface area contributed by atoms with Crippen LogP contribution in [0.25, 0.3) is 16.3 Å². The SMILES string of the molecule is O=C(c1cccc(Cc2cccc3ccc4c(c23)CCC2=C4C=CCC2)c1)N1CCN(c2ccccc2F)CC1. The molecule has 1 fully saturated rings. The lowest BCUT2D eigenvalue weighted by Gasteiger charge is -2.36. The van der Waals surface area contributed by atoms with E-state index in [1.54, 1.807) is 11.6 Å². The van der Waals surface area contributed by atoms with Gasteiger partial charge in [-0.2, -0.15) is 0 Å². The van der Waals surface area contributed by atoms with E-state index in [2.05, 4.69) is 54.6 Å². The Labute approximate surface area is 235 Å². The molecule has 0 bridgehead atoms. The minimum absolute atomic E-state index is 0.0499. The van der Waals surface area contributed by atoms with Gasteiger partial charge >= 0.3 is 0 Å². The first-order valence-electron chi connectivity index (χ1n) is 14.5. The quantitative estimate of drug-likeness (QED) is 0.273. The fourth-order valence-electron chi connectivity index (χ4n) is 6.80. The molecule has 1 heterocycles. The van der Waals surface area contributed by atoms with E-state index in [0.717, 1.165) is 36.8 Å². The number of aryl methyl sites for hydroxylation is 1. The van der Waals surface area contributed by atoms with Gasteiger partial charge in [-0.15, -0.1) is 0 Å². The first-order chi connectivity index (χ1) is 19.7. The van der Waals surface area contributed by atoms with Crippen molar-refractivity contribution in [1.82, 2.24) is 4.90 Å². The standard InChI is InChI=1S/C36H33FN2O/c37-33-13-3-4-14-34(33)38-19-21-39(22-20-38)36(40)29-11-5-7-25(24-29)23-28-10-6-9-27-16-17-31-30-12-2-1-8-26(30)15-18-32(31)35(27)28/h2-7,9-14,16-17,24H,1,8,15,18-23H2. The number of piperazine rings is 1. The van der Waals surface area contributed by atoms with Crippen LogP contribution in [0.3, 0.4) is 0 Å². The molecule has 0 N–H and O–H groups in total. The molecule has 7 rings (SSSR count). The number of hydrogen-bond acceptors (Lipinski definition) is 2. The second-order valence-corrected chi connectivity index (χ2v) is 11.2. The Bertz CT molecular complexity index is 1680. The normalized spacial score (nSPS) is 16.7. The van der Waals surface area contributed by atoms with Gasteiger partial charge in [0.05, 0.1) is 5.69 Å². The van der Waals surface area contributed by atoms with Crippen molar-refractivity contribution < 1.29 is 9.18 Å². The zero-order valence-electron chi connectivity index (χ0n) is 22.7. The highest BCUT2D eigenvalue weighted by Gasteiger charge is 2.25. The fourth-order valence-corrected chi connectivity index (χ4v) is 6.80. The number of halogens is 1. The van der Waals surface area contributed by atoms with E-state index in [0.29, 0.717) is 31.9 Å². The number of hydrogen-bond donors (Lipinski definition) is 0. The third kappa shape index (κ3) is 4.52. The van der Waals surface area contributed by atoms with Gasteiger partial charge < -0.3 is 9.80 Å². The average molecular weight is 529 g/mol. The van der Waals surface area contributed by atoms with Crippen molar-refractivity contribution in [3.8, 4) is 0 Å². The summed E-state index contributed by atoms with van der Waals surface area (Å²) in [5.41, 5.74) is 9.71. The van der Waals surface area contributed by atoms with Gasteiger partial charge in [0.1, 0.15) is 5.82 Å².